The molecule has 1 rings (SSSR count). The number of carbonyl (C=O) groups excluding carboxylic acids is 2. The third-order valence-corrected chi connectivity index (χ3v) is 2.86. The minimum Gasteiger partial charge on any atom is -0.496 e. The van der Waals surface area contributed by atoms with Crippen LogP contribution in [0.3, 0.4) is 0 Å². The molecule has 0 bridgehead atoms. The Balaban J connectivity index is 2.68. The van der Waals surface area contributed by atoms with Crippen LogP contribution in [-0.2, 0) is 20.9 Å². The van der Waals surface area contributed by atoms with Crippen LogP contribution in [-0.4, -0.2) is 41.8 Å². The zero-order valence-electron chi connectivity index (χ0n) is 11.7. The predicted octanol–water partition coefficient (Wildman–Crippen LogP) is 1.01. The number of aryl methyl sites for hydroxylation is 1. The molecule has 0 saturated heterocycles. The average Bonchev–Trinajstić information content (AvgIpc) is 2.38. The van der Waals surface area contributed by atoms with Gasteiger partial charge in [-0.3, -0.25) is 9.59 Å². The van der Waals surface area contributed by atoms with Crippen LogP contribution in [0.4, 0.5) is 0 Å². The first-order valence-electron chi connectivity index (χ1n) is 5.98. The molecule has 0 aliphatic heterocycles. The van der Waals surface area contributed by atoms with Crippen LogP contribution in [0.25, 0.3) is 0 Å². The fourth-order valence-corrected chi connectivity index (χ4v) is 1.75. The summed E-state index contributed by atoms with van der Waals surface area (Å²) in [6.45, 7) is 2.19. The lowest BCUT2D eigenvalue weighted by atomic mass is 10.1. The molecule has 0 aromatic heterocycles. The SMILES string of the molecule is COc1ccc(CN(C)C(=O)CC(=O)C(=O)O)cc1C. The van der Waals surface area contributed by atoms with Crippen LogP contribution in [0, 0.1) is 6.92 Å². The van der Waals surface area contributed by atoms with Gasteiger partial charge >= 0.3 is 5.97 Å². The Morgan fingerprint density at radius 2 is 1.95 bits per heavy atom. The Hall–Kier alpha value is -2.37. The monoisotopic (exact) mass is 279 g/mol. The van der Waals surface area contributed by atoms with Crippen LogP contribution in [0.5, 0.6) is 5.75 Å². The lowest BCUT2D eigenvalue weighted by molar-refractivity contribution is -0.151. The molecule has 0 aliphatic carbocycles. The smallest absolute Gasteiger partial charge is 0.372 e. The van der Waals surface area contributed by atoms with Gasteiger partial charge in [0.25, 0.3) is 0 Å². The van der Waals surface area contributed by atoms with E-state index in [9.17, 15) is 14.4 Å². The fourth-order valence-electron chi connectivity index (χ4n) is 1.75. The van der Waals surface area contributed by atoms with E-state index in [0.29, 0.717) is 6.54 Å². The summed E-state index contributed by atoms with van der Waals surface area (Å²) in [6.07, 6.45) is -0.624. The number of rotatable bonds is 6. The molecule has 1 aromatic rings. The zero-order valence-corrected chi connectivity index (χ0v) is 11.7. The van der Waals surface area contributed by atoms with Crippen molar-refractivity contribution in [2.45, 2.75) is 19.9 Å². The van der Waals surface area contributed by atoms with Crippen LogP contribution in [0.15, 0.2) is 18.2 Å². The topological polar surface area (TPSA) is 83.9 Å². The van der Waals surface area contributed by atoms with Gasteiger partial charge in [-0.15, -0.1) is 0 Å². The highest BCUT2D eigenvalue weighted by Gasteiger charge is 2.19. The summed E-state index contributed by atoms with van der Waals surface area (Å²) in [4.78, 5) is 34.4. The lowest BCUT2D eigenvalue weighted by Crippen LogP contribution is -2.30. The highest BCUT2D eigenvalue weighted by molar-refractivity contribution is 6.36. The van der Waals surface area contributed by atoms with E-state index < -0.39 is 24.1 Å². The summed E-state index contributed by atoms with van der Waals surface area (Å²) in [5, 5.41) is 8.46. The summed E-state index contributed by atoms with van der Waals surface area (Å²) < 4.78 is 5.14. The van der Waals surface area contributed by atoms with E-state index in [1.807, 2.05) is 19.1 Å². The number of amides is 1. The second-order valence-electron chi connectivity index (χ2n) is 4.46. The largest absolute Gasteiger partial charge is 0.496 e. The van der Waals surface area contributed by atoms with Crippen molar-refractivity contribution in [2.75, 3.05) is 14.2 Å². The Kier molecular flexibility index (Phi) is 5.25. The van der Waals surface area contributed by atoms with Crippen LogP contribution in [0.2, 0.25) is 0 Å². The molecule has 0 atom stereocenters. The summed E-state index contributed by atoms with van der Waals surface area (Å²) in [5.41, 5.74) is 1.81. The molecule has 20 heavy (non-hydrogen) atoms. The van der Waals surface area contributed by atoms with Gasteiger partial charge in [0.1, 0.15) is 5.75 Å². The van der Waals surface area contributed by atoms with Crippen molar-refractivity contribution in [1.29, 1.82) is 0 Å². The van der Waals surface area contributed by atoms with Gasteiger partial charge in [-0.25, -0.2) is 4.79 Å². The van der Waals surface area contributed by atoms with E-state index in [1.54, 1.807) is 13.2 Å². The molecule has 0 fully saturated rings. The molecule has 0 aliphatic rings. The molecule has 0 spiro atoms. The number of carboxylic acids is 1. The van der Waals surface area contributed by atoms with E-state index in [2.05, 4.69) is 0 Å². The van der Waals surface area contributed by atoms with Crippen molar-refractivity contribution < 1.29 is 24.2 Å². The van der Waals surface area contributed by atoms with E-state index in [1.165, 1.54) is 11.9 Å². The van der Waals surface area contributed by atoms with Gasteiger partial charge < -0.3 is 14.7 Å². The number of ketones is 1. The van der Waals surface area contributed by atoms with Crippen LogP contribution in [0.1, 0.15) is 17.5 Å². The number of hydrogen-bond acceptors (Lipinski definition) is 4. The number of ether oxygens (including phenoxy) is 1. The number of benzene rings is 1. The number of aliphatic carboxylic acids is 1. The Labute approximate surface area is 117 Å². The number of hydrogen-bond donors (Lipinski definition) is 1. The first-order chi connectivity index (χ1) is 9.35. The van der Waals surface area contributed by atoms with Gasteiger partial charge in [-0.2, -0.15) is 0 Å². The summed E-state index contributed by atoms with van der Waals surface area (Å²) in [6, 6.07) is 5.49. The predicted molar refractivity (Wildman–Crippen MR) is 71.5 cm³/mol. The number of methoxy groups -OCH3 is 1. The molecule has 0 unspecified atom stereocenters. The molecule has 0 heterocycles. The lowest BCUT2D eigenvalue weighted by Gasteiger charge is -2.17. The molecule has 0 saturated carbocycles. The van der Waals surface area contributed by atoms with E-state index in [0.717, 1.165) is 16.9 Å². The minimum atomic E-state index is -1.59. The molecule has 0 radical (unpaired) electrons. The summed E-state index contributed by atoms with van der Waals surface area (Å²) >= 11 is 0. The van der Waals surface area contributed by atoms with E-state index in [4.69, 9.17) is 9.84 Å². The summed E-state index contributed by atoms with van der Waals surface area (Å²) in [7, 11) is 3.10. The van der Waals surface area contributed by atoms with Crippen molar-refractivity contribution in [3.05, 3.63) is 29.3 Å². The second kappa shape index (κ2) is 6.70. The first-order valence-corrected chi connectivity index (χ1v) is 5.98. The van der Waals surface area contributed by atoms with Crippen LogP contribution >= 0.6 is 0 Å². The van der Waals surface area contributed by atoms with Gasteiger partial charge in [0.15, 0.2) is 0 Å². The number of Topliss-reactive ketones (excluding diaryl/α,β-unsaturated/α-hetero) is 1. The van der Waals surface area contributed by atoms with Crippen molar-refractivity contribution in [3.8, 4) is 5.75 Å². The maximum Gasteiger partial charge on any atom is 0.372 e. The highest BCUT2D eigenvalue weighted by Crippen LogP contribution is 2.19. The maximum atomic E-state index is 11.7. The van der Waals surface area contributed by atoms with E-state index in [-0.39, 0.29) is 0 Å². The standard InChI is InChI=1S/C14H17NO5/c1-9-6-10(4-5-12(9)20-3)8-15(2)13(17)7-11(16)14(18)19/h4-6H,7-8H2,1-3H3,(H,18,19). The molecule has 1 amide bonds. The first kappa shape index (κ1) is 15.7. The Morgan fingerprint density at radius 3 is 2.45 bits per heavy atom. The highest BCUT2D eigenvalue weighted by atomic mass is 16.5. The minimum absolute atomic E-state index is 0.302. The van der Waals surface area contributed by atoms with Gasteiger partial charge in [0, 0.05) is 13.6 Å². The van der Waals surface area contributed by atoms with Gasteiger partial charge in [-0.05, 0) is 24.1 Å². The fraction of sp³-hybridized carbons (Fsp3) is 0.357. The molecular weight excluding hydrogens is 262 g/mol. The van der Waals surface area contributed by atoms with E-state index >= 15 is 0 Å². The van der Waals surface area contributed by atoms with Crippen molar-refractivity contribution in [3.63, 3.8) is 0 Å². The number of carbonyl (C=O) groups is 3. The maximum absolute atomic E-state index is 11.7. The molecule has 1 aromatic carbocycles. The quantitative estimate of drug-likeness (QED) is 0.620. The molecule has 108 valence electrons. The Morgan fingerprint density at radius 1 is 1.30 bits per heavy atom. The third-order valence-electron chi connectivity index (χ3n) is 2.86. The van der Waals surface area contributed by atoms with Gasteiger partial charge in [0.2, 0.25) is 11.7 Å². The summed E-state index contributed by atoms with van der Waals surface area (Å²) in [5.74, 6) is -2.46. The normalized spacial score (nSPS) is 9.95. The number of carboxylic acid groups (broad SMARTS) is 1. The molecular formula is C14H17NO5. The average molecular weight is 279 g/mol. The van der Waals surface area contributed by atoms with Gasteiger partial charge in [0.05, 0.1) is 13.5 Å². The molecule has 6 heteroatoms. The molecule has 1 N–H and O–H groups in total. The van der Waals surface area contributed by atoms with Crippen molar-refractivity contribution in [2.24, 2.45) is 0 Å². The second-order valence-corrected chi connectivity index (χ2v) is 4.46. The zero-order chi connectivity index (χ0) is 15.3. The van der Waals surface area contributed by atoms with Crippen molar-refractivity contribution >= 4 is 17.7 Å². The molecule has 6 nitrogen and oxygen atoms in total. The van der Waals surface area contributed by atoms with Crippen molar-refractivity contribution in [1.82, 2.24) is 4.90 Å². The Bertz CT molecular complexity index is 538. The van der Waals surface area contributed by atoms with Gasteiger partial charge in [-0.1, -0.05) is 12.1 Å². The number of nitrogens with zero attached hydrogens (tertiary/aromatic N) is 1. The third kappa shape index (κ3) is 4.08. The van der Waals surface area contributed by atoms with Crippen LogP contribution < -0.4 is 4.74 Å².